The molecular weight excluding hydrogens is 276 g/mol. The van der Waals surface area contributed by atoms with Crippen LogP contribution in [0.1, 0.15) is 35.4 Å². The van der Waals surface area contributed by atoms with E-state index in [4.69, 9.17) is 4.74 Å². The van der Waals surface area contributed by atoms with E-state index >= 15 is 0 Å². The summed E-state index contributed by atoms with van der Waals surface area (Å²) in [6.07, 6.45) is -1.60. The first kappa shape index (κ1) is 15.8. The number of aliphatic hydroxyl groups excluding tert-OH is 3. The maximum Gasteiger partial charge on any atom is 0.172 e. The van der Waals surface area contributed by atoms with Crippen molar-refractivity contribution in [2.45, 2.75) is 25.6 Å². The van der Waals surface area contributed by atoms with Gasteiger partial charge in [0.1, 0.15) is 11.5 Å². The zero-order chi connectivity index (χ0) is 15.7. The molecule has 1 aromatic rings. The number of fused-ring (bicyclic) bond motifs is 1. The Morgan fingerprint density at radius 1 is 1.38 bits per heavy atom. The second-order valence-corrected chi connectivity index (χ2v) is 5.46. The molecule has 116 valence electrons. The number of Topliss-reactive ketones (excluding diaryl/α,β-unsaturated/α-hetero) is 1. The molecule has 0 fully saturated rings. The number of ketones is 1. The Balaban J connectivity index is 2.55. The summed E-state index contributed by atoms with van der Waals surface area (Å²) < 4.78 is 5.03. The third kappa shape index (κ3) is 2.74. The van der Waals surface area contributed by atoms with Crippen molar-refractivity contribution in [3.05, 3.63) is 23.3 Å². The Morgan fingerprint density at radius 2 is 2.05 bits per heavy atom. The number of aromatic hydroxyl groups is 1. The number of phenolic OH excluding ortho intramolecular Hbond substituents is 1. The first-order valence-electron chi connectivity index (χ1n) is 6.82. The molecule has 0 amide bonds. The lowest BCUT2D eigenvalue weighted by atomic mass is 9.71. The minimum absolute atomic E-state index is 0.0178. The van der Waals surface area contributed by atoms with Crippen LogP contribution in [-0.2, 0) is 0 Å². The maximum absolute atomic E-state index is 12.5. The summed E-state index contributed by atoms with van der Waals surface area (Å²) in [5.41, 5.74) is 0.288. The van der Waals surface area contributed by atoms with Gasteiger partial charge >= 0.3 is 0 Å². The van der Waals surface area contributed by atoms with E-state index < -0.39 is 36.4 Å². The average molecular weight is 296 g/mol. The number of methoxy groups -OCH3 is 1. The summed E-state index contributed by atoms with van der Waals surface area (Å²) in [4.78, 5) is 12.5. The van der Waals surface area contributed by atoms with Gasteiger partial charge in [0.15, 0.2) is 5.78 Å². The second kappa shape index (κ2) is 6.01. The predicted octanol–water partition coefficient (Wildman–Crippen LogP) is 0.626. The van der Waals surface area contributed by atoms with Gasteiger partial charge in [-0.25, -0.2) is 0 Å². The van der Waals surface area contributed by atoms with Gasteiger partial charge in [0.25, 0.3) is 0 Å². The first-order chi connectivity index (χ1) is 9.90. The highest BCUT2D eigenvalue weighted by molar-refractivity contribution is 6.03. The predicted molar refractivity (Wildman–Crippen MR) is 74.3 cm³/mol. The van der Waals surface area contributed by atoms with E-state index in [2.05, 4.69) is 0 Å². The molecule has 1 aromatic carbocycles. The standard InChI is InChI=1S/C15H20O6/c1-7(17)3-9-11(6-16)15(20)13-10(14(9)19)4-8(21-2)5-12(13)18/h4-5,7,9,11,14,16-19H,3,6H2,1-2H3/t7-,9+,11+,14-/m0/s1. The summed E-state index contributed by atoms with van der Waals surface area (Å²) in [6.45, 7) is 1.11. The molecule has 0 saturated heterocycles. The van der Waals surface area contributed by atoms with Crippen LogP contribution in [0.5, 0.6) is 11.5 Å². The fourth-order valence-electron chi connectivity index (χ4n) is 2.98. The maximum atomic E-state index is 12.5. The Labute approximate surface area is 122 Å². The van der Waals surface area contributed by atoms with Crippen LogP contribution in [0.4, 0.5) is 0 Å². The van der Waals surface area contributed by atoms with Crippen molar-refractivity contribution in [1.29, 1.82) is 0 Å². The van der Waals surface area contributed by atoms with Crippen molar-refractivity contribution in [3.63, 3.8) is 0 Å². The van der Waals surface area contributed by atoms with Crippen LogP contribution in [0, 0.1) is 11.8 Å². The fourth-order valence-corrected chi connectivity index (χ4v) is 2.98. The minimum atomic E-state index is -1.06. The molecule has 1 aliphatic carbocycles. The van der Waals surface area contributed by atoms with Gasteiger partial charge in [0.2, 0.25) is 0 Å². The molecule has 0 unspecified atom stereocenters. The summed E-state index contributed by atoms with van der Waals surface area (Å²) in [6, 6.07) is 2.80. The quantitative estimate of drug-likeness (QED) is 0.649. The lowest BCUT2D eigenvalue weighted by molar-refractivity contribution is 0.0103. The molecule has 0 aliphatic heterocycles. The molecule has 2 rings (SSSR count). The topological polar surface area (TPSA) is 107 Å². The number of phenols is 1. The van der Waals surface area contributed by atoms with Crippen molar-refractivity contribution < 1.29 is 30.0 Å². The van der Waals surface area contributed by atoms with Crippen LogP contribution in [0.2, 0.25) is 0 Å². The van der Waals surface area contributed by atoms with E-state index in [1.54, 1.807) is 6.92 Å². The van der Waals surface area contributed by atoms with Crippen LogP contribution >= 0.6 is 0 Å². The molecular formula is C15H20O6. The number of aliphatic hydroxyl groups is 3. The zero-order valence-corrected chi connectivity index (χ0v) is 12.0. The summed E-state index contributed by atoms with van der Waals surface area (Å²) in [5.74, 6) is -1.83. The Hall–Kier alpha value is -1.63. The van der Waals surface area contributed by atoms with E-state index in [1.165, 1.54) is 19.2 Å². The highest BCUT2D eigenvalue weighted by atomic mass is 16.5. The number of hydrogen-bond acceptors (Lipinski definition) is 6. The Bertz CT molecular complexity index is 539. The van der Waals surface area contributed by atoms with Gasteiger partial charge in [-0.3, -0.25) is 4.79 Å². The van der Waals surface area contributed by atoms with Crippen LogP contribution < -0.4 is 4.74 Å². The Morgan fingerprint density at radius 3 is 2.57 bits per heavy atom. The number of carbonyl (C=O) groups excluding carboxylic acids is 1. The lowest BCUT2D eigenvalue weighted by Crippen LogP contribution is -2.38. The van der Waals surface area contributed by atoms with E-state index in [9.17, 15) is 25.2 Å². The van der Waals surface area contributed by atoms with E-state index in [0.29, 0.717) is 5.75 Å². The summed E-state index contributed by atoms with van der Waals surface area (Å²) in [7, 11) is 1.42. The highest BCUT2D eigenvalue weighted by Crippen LogP contribution is 2.44. The molecule has 0 spiro atoms. The minimum Gasteiger partial charge on any atom is -0.507 e. The zero-order valence-electron chi connectivity index (χ0n) is 12.0. The van der Waals surface area contributed by atoms with Crippen molar-refractivity contribution >= 4 is 5.78 Å². The molecule has 6 nitrogen and oxygen atoms in total. The van der Waals surface area contributed by atoms with Gasteiger partial charge in [0.05, 0.1) is 37.4 Å². The van der Waals surface area contributed by atoms with Crippen LogP contribution in [-0.4, -0.2) is 46.0 Å². The monoisotopic (exact) mass is 296 g/mol. The smallest absolute Gasteiger partial charge is 0.172 e. The van der Waals surface area contributed by atoms with Gasteiger partial charge in [-0.1, -0.05) is 0 Å². The third-order valence-electron chi connectivity index (χ3n) is 3.99. The van der Waals surface area contributed by atoms with E-state index in [1.807, 2.05) is 0 Å². The molecule has 21 heavy (non-hydrogen) atoms. The van der Waals surface area contributed by atoms with Gasteiger partial charge in [-0.15, -0.1) is 0 Å². The van der Waals surface area contributed by atoms with Crippen molar-refractivity contribution in [1.82, 2.24) is 0 Å². The summed E-state index contributed by atoms with van der Waals surface area (Å²) >= 11 is 0. The summed E-state index contributed by atoms with van der Waals surface area (Å²) in [5, 5.41) is 39.5. The molecule has 6 heteroatoms. The number of benzene rings is 1. The molecule has 0 aromatic heterocycles. The molecule has 0 saturated carbocycles. The highest BCUT2D eigenvalue weighted by Gasteiger charge is 2.43. The number of rotatable bonds is 4. The SMILES string of the molecule is COc1cc(O)c2c(c1)[C@@H](O)[C@H](C[C@H](C)O)[C@@H](CO)C2=O. The average Bonchev–Trinajstić information content (AvgIpc) is 2.43. The number of hydrogen-bond donors (Lipinski definition) is 4. The number of ether oxygens (including phenoxy) is 1. The van der Waals surface area contributed by atoms with Gasteiger partial charge < -0.3 is 25.2 Å². The normalized spacial score (nSPS) is 26.3. The van der Waals surface area contributed by atoms with Crippen LogP contribution in [0.3, 0.4) is 0 Å². The van der Waals surface area contributed by atoms with Crippen LogP contribution in [0.15, 0.2) is 12.1 Å². The van der Waals surface area contributed by atoms with Crippen molar-refractivity contribution in [2.75, 3.05) is 13.7 Å². The molecule has 0 bridgehead atoms. The fraction of sp³-hybridized carbons (Fsp3) is 0.533. The van der Waals surface area contributed by atoms with Gasteiger partial charge in [0, 0.05) is 12.0 Å². The Kier molecular flexibility index (Phi) is 4.51. The van der Waals surface area contributed by atoms with Crippen LogP contribution in [0.25, 0.3) is 0 Å². The second-order valence-electron chi connectivity index (χ2n) is 5.46. The van der Waals surface area contributed by atoms with E-state index in [0.717, 1.165) is 0 Å². The molecule has 4 atom stereocenters. The molecule has 4 N–H and O–H groups in total. The molecule has 1 aliphatic rings. The largest absolute Gasteiger partial charge is 0.507 e. The van der Waals surface area contributed by atoms with Crippen molar-refractivity contribution in [3.8, 4) is 11.5 Å². The van der Waals surface area contributed by atoms with E-state index in [-0.39, 0.29) is 23.3 Å². The molecule has 0 radical (unpaired) electrons. The third-order valence-corrected chi connectivity index (χ3v) is 3.99. The lowest BCUT2D eigenvalue weighted by Gasteiger charge is -2.36. The first-order valence-corrected chi connectivity index (χ1v) is 6.82. The molecule has 0 heterocycles. The number of carbonyl (C=O) groups is 1. The van der Waals surface area contributed by atoms with Crippen molar-refractivity contribution in [2.24, 2.45) is 11.8 Å². The van der Waals surface area contributed by atoms with Gasteiger partial charge in [-0.05, 0) is 25.0 Å². The van der Waals surface area contributed by atoms with Gasteiger partial charge in [-0.2, -0.15) is 0 Å².